The molecule has 4 heteroatoms. The van der Waals surface area contributed by atoms with Crippen LogP contribution in [0.5, 0.6) is 0 Å². The van der Waals surface area contributed by atoms with Gasteiger partial charge in [-0.2, -0.15) is 0 Å². The van der Waals surface area contributed by atoms with Crippen LogP contribution in [0.2, 0.25) is 12.1 Å². The third-order valence-corrected chi connectivity index (χ3v) is 8.03. The molecule has 0 aromatic heterocycles. The van der Waals surface area contributed by atoms with Crippen LogP contribution in [0.25, 0.3) is 0 Å². The van der Waals surface area contributed by atoms with Crippen LogP contribution in [0.1, 0.15) is 27.7 Å². The zero-order valence-corrected chi connectivity index (χ0v) is 13.0. The molecule has 1 rings (SSSR count). The number of hydrogen-bond donors (Lipinski definition) is 0. The zero-order valence-electron chi connectivity index (χ0n) is 12.0. The van der Waals surface area contributed by atoms with E-state index in [1.165, 1.54) is 5.19 Å². The lowest BCUT2D eigenvalue weighted by molar-refractivity contribution is -0.309. The van der Waals surface area contributed by atoms with Crippen molar-refractivity contribution in [3.8, 4) is 0 Å². The first-order chi connectivity index (χ1) is 8.75. The minimum atomic E-state index is -1.90. The summed E-state index contributed by atoms with van der Waals surface area (Å²) >= 11 is 0. The first-order valence-corrected chi connectivity index (χ1v) is 9.22. The Kier molecular flexibility index (Phi) is 6.57. The highest BCUT2D eigenvalue weighted by Crippen LogP contribution is 2.21. The number of rotatable bonds is 8. The predicted molar refractivity (Wildman–Crippen MR) is 77.9 cm³/mol. The van der Waals surface area contributed by atoms with E-state index in [1.807, 2.05) is 18.7 Å². The summed E-state index contributed by atoms with van der Waals surface area (Å²) in [6.45, 7) is 9.74. The molecular formula is C14H25NO2Si. The highest BCUT2D eigenvalue weighted by atomic mass is 28.3. The molecule has 0 fully saturated rings. The molecule has 0 bridgehead atoms. The van der Waals surface area contributed by atoms with Crippen molar-refractivity contribution in [3.63, 3.8) is 0 Å². The molecular weight excluding hydrogens is 242 g/mol. The van der Waals surface area contributed by atoms with Gasteiger partial charge in [-0.3, -0.25) is 9.68 Å². The van der Waals surface area contributed by atoms with Gasteiger partial charge in [-0.25, -0.2) is 0 Å². The average Bonchev–Trinajstić information content (AvgIpc) is 2.42. The summed E-state index contributed by atoms with van der Waals surface area (Å²) < 4.78 is 0. The summed E-state index contributed by atoms with van der Waals surface area (Å²) in [7, 11) is -1.90. The van der Waals surface area contributed by atoms with Crippen LogP contribution in [0, 0.1) is 0 Å². The molecule has 0 spiro atoms. The number of hydrogen-bond acceptors (Lipinski definition) is 3. The molecule has 0 atom stereocenters. The van der Waals surface area contributed by atoms with E-state index in [4.69, 9.17) is 9.68 Å². The summed E-state index contributed by atoms with van der Waals surface area (Å²) in [6.07, 6.45) is 0. The van der Waals surface area contributed by atoms with Crippen molar-refractivity contribution < 1.29 is 9.68 Å². The average molecular weight is 267 g/mol. The highest BCUT2D eigenvalue weighted by Gasteiger charge is 2.41. The summed E-state index contributed by atoms with van der Waals surface area (Å²) in [4.78, 5) is 13.3. The lowest BCUT2D eigenvalue weighted by Crippen LogP contribution is -2.61. The largest absolute Gasteiger partial charge is 0.282 e. The molecule has 0 radical (unpaired) electrons. The van der Waals surface area contributed by atoms with Crippen molar-refractivity contribution in [3.05, 3.63) is 30.3 Å². The van der Waals surface area contributed by atoms with Gasteiger partial charge in [0.05, 0.1) is 13.2 Å². The monoisotopic (exact) mass is 267 g/mol. The number of nitrogens with zero attached hydrogens (tertiary/aromatic N) is 1. The van der Waals surface area contributed by atoms with Crippen molar-refractivity contribution in [1.29, 1.82) is 0 Å². The van der Waals surface area contributed by atoms with Crippen LogP contribution in [0.15, 0.2) is 30.3 Å². The topological polar surface area (TPSA) is 21.7 Å². The molecule has 0 saturated heterocycles. The van der Waals surface area contributed by atoms with Gasteiger partial charge in [-0.1, -0.05) is 49.1 Å². The molecule has 0 aliphatic heterocycles. The van der Waals surface area contributed by atoms with Gasteiger partial charge < -0.3 is 0 Å². The van der Waals surface area contributed by atoms with Crippen molar-refractivity contribution in [2.45, 2.75) is 39.8 Å². The van der Waals surface area contributed by atoms with Crippen LogP contribution in [0.4, 0.5) is 0 Å². The fraction of sp³-hybridized carbons (Fsp3) is 0.571. The highest BCUT2D eigenvalue weighted by molar-refractivity contribution is 6.88. The van der Waals surface area contributed by atoms with E-state index in [2.05, 4.69) is 44.2 Å². The maximum atomic E-state index is 5.76. The van der Waals surface area contributed by atoms with Crippen molar-refractivity contribution in [1.82, 2.24) is 4.89 Å². The Morgan fingerprint density at radius 3 is 1.78 bits per heavy atom. The van der Waals surface area contributed by atoms with Crippen LogP contribution >= 0.6 is 0 Å². The van der Waals surface area contributed by atoms with Crippen LogP contribution in [0.3, 0.4) is 0 Å². The summed E-state index contributed by atoms with van der Waals surface area (Å²) in [5.41, 5.74) is 0. The third-order valence-electron chi connectivity index (χ3n) is 3.32. The molecule has 3 nitrogen and oxygen atoms in total. The standard InChI is InChI=1S/C14H25NO2Si/c1-5-16-15(17-6-2)18(7-3,8-4)14-12-10-9-11-13-14/h9-13H,5-8H2,1-4H3. The van der Waals surface area contributed by atoms with E-state index in [9.17, 15) is 0 Å². The lowest BCUT2D eigenvalue weighted by atomic mass is 10.4. The van der Waals surface area contributed by atoms with E-state index in [1.54, 1.807) is 0 Å². The normalized spacial score (nSPS) is 12.1. The Morgan fingerprint density at radius 1 is 0.889 bits per heavy atom. The first-order valence-electron chi connectivity index (χ1n) is 6.86. The van der Waals surface area contributed by atoms with E-state index in [0.29, 0.717) is 13.2 Å². The van der Waals surface area contributed by atoms with E-state index in [0.717, 1.165) is 12.1 Å². The van der Waals surface area contributed by atoms with Gasteiger partial charge in [-0.15, -0.1) is 0 Å². The Balaban J connectivity index is 3.11. The number of benzene rings is 1. The molecule has 0 heterocycles. The van der Waals surface area contributed by atoms with Gasteiger partial charge in [0.2, 0.25) is 8.24 Å². The van der Waals surface area contributed by atoms with Gasteiger partial charge in [0.25, 0.3) is 0 Å². The Bertz CT molecular complexity index is 322. The van der Waals surface area contributed by atoms with Gasteiger partial charge in [0.1, 0.15) is 0 Å². The lowest BCUT2D eigenvalue weighted by Gasteiger charge is -2.38. The van der Waals surface area contributed by atoms with E-state index >= 15 is 0 Å². The molecule has 0 N–H and O–H groups in total. The molecule has 0 unspecified atom stereocenters. The first kappa shape index (κ1) is 15.4. The molecule has 102 valence electrons. The fourth-order valence-corrected chi connectivity index (χ4v) is 5.90. The molecule has 0 saturated carbocycles. The second kappa shape index (κ2) is 7.69. The second-order valence-corrected chi connectivity index (χ2v) is 8.62. The van der Waals surface area contributed by atoms with Gasteiger partial charge in [0.15, 0.2) is 0 Å². The van der Waals surface area contributed by atoms with Crippen molar-refractivity contribution in [2.75, 3.05) is 13.2 Å². The minimum absolute atomic E-state index is 0.640. The maximum absolute atomic E-state index is 5.76. The van der Waals surface area contributed by atoms with Gasteiger partial charge in [0, 0.05) is 0 Å². The molecule has 0 amide bonds. The van der Waals surface area contributed by atoms with Gasteiger partial charge in [-0.05, 0) is 31.1 Å². The minimum Gasteiger partial charge on any atom is -0.282 e. The SMILES string of the molecule is CCON(OCC)[Si](CC)(CC)c1ccccc1. The fourth-order valence-electron chi connectivity index (χ4n) is 2.29. The summed E-state index contributed by atoms with van der Waals surface area (Å²) in [6, 6.07) is 12.8. The predicted octanol–water partition coefficient (Wildman–Crippen LogP) is 3.08. The Hall–Kier alpha value is -0.683. The van der Waals surface area contributed by atoms with Crippen molar-refractivity contribution in [2.24, 2.45) is 0 Å². The molecule has 1 aromatic carbocycles. The smallest absolute Gasteiger partial charge is 0.227 e. The summed E-state index contributed by atoms with van der Waals surface area (Å²) in [5, 5.41) is 1.37. The molecule has 0 aliphatic carbocycles. The van der Waals surface area contributed by atoms with Crippen LogP contribution in [-0.4, -0.2) is 26.3 Å². The van der Waals surface area contributed by atoms with Gasteiger partial charge >= 0.3 is 0 Å². The zero-order chi connectivity index (χ0) is 13.4. The van der Waals surface area contributed by atoms with E-state index < -0.39 is 8.24 Å². The van der Waals surface area contributed by atoms with Crippen LogP contribution < -0.4 is 5.19 Å². The molecule has 1 aromatic rings. The van der Waals surface area contributed by atoms with Crippen molar-refractivity contribution >= 4 is 13.4 Å². The van der Waals surface area contributed by atoms with E-state index in [-0.39, 0.29) is 0 Å². The third kappa shape index (κ3) is 3.20. The maximum Gasteiger partial charge on any atom is 0.227 e. The quantitative estimate of drug-likeness (QED) is 0.534. The van der Waals surface area contributed by atoms with Crippen LogP contribution in [-0.2, 0) is 9.68 Å². The second-order valence-electron chi connectivity index (χ2n) is 4.20. The Labute approximate surface area is 112 Å². The molecule has 18 heavy (non-hydrogen) atoms. The summed E-state index contributed by atoms with van der Waals surface area (Å²) in [5.74, 6) is 0. The molecule has 0 aliphatic rings. The Morgan fingerprint density at radius 2 is 1.39 bits per heavy atom.